The Morgan fingerprint density at radius 2 is 1.59 bits per heavy atom. The van der Waals surface area contributed by atoms with Crippen molar-refractivity contribution in [2.24, 2.45) is 0 Å². The summed E-state index contributed by atoms with van der Waals surface area (Å²) in [4.78, 5) is 4.86. The van der Waals surface area contributed by atoms with E-state index < -0.39 is 0 Å². The van der Waals surface area contributed by atoms with Gasteiger partial charge in [-0.15, -0.1) is 10.2 Å². The van der Waals surface area contributed by atoms with Crippen molar-refractivity contribution in [3.05, 3.63) is 89.7 Å². The molecule has 3 heterocycles. The average Bonchev–Trinajstić information content (AvgIpc) is 3.55. The fourth-order valence-corrected chi connectivity index (χ4v) is 5.11. The zero-order chi connectivity index (χ0) is 23.2. The third-order valence-corrected chi connectivity index (χ3v) is 7.11. The van der Waals surface area contributed by atoms with Crippen molar-refractivity contribution in [2.45, 2.75) is 19.6 Å². The molecule has 0 amide bonds. The number of aromatic nitrogens is 3. The van der Waals surface area contributed by atoms with E-state index in [9.17, 15) is 0 Å². The molecule has 8 heteroatoms. The van der Waals surface area contributed by atoms with Crippen molar-refractivity contribution in [2.75, 3.05) is 38.2 Å². The first-order valence-electron chi connectivity index (χ1n) is 11.6. The van der Waals surface area contributed by atoms with Crippen LogP contribution in [-0.2, 0) is 19.6 Å². The van der Waals surface area contributed by atoms with Crippen LogP contribution in [0.5, 0.6) is 5.75 Å². The summed E-state index contributed by atoms with van der Waals surface area (Å²) in [5.74, 6) is 0.877. The van der Waals surface area contributed by atoms with Crippen LogP contribution in [0.1, 0.15) is 16.8 Å². The molecule has 2 aromatic heterocycles. The van der Waals surface area contributed by atoms with Crippen molar-refractivity contribution in [1.29, 1.82) is 0 Å². The van der Waals surface area contributed by atoms with Gasteiger partial charge in [0.2, 0.25) is 10.3 Å². The second-order valence-electron chi connectivity index (χ2n) is 8.44. The summed E-state index contributed by atoms with van der Waals surface area (Å²) >= 11 is 1.66. The molecule has 0 unspecified atom stereocenters. The van der Waals surface area contributed by atoms with Crippen LogP contribution in [-0.4, -0.2) is 53.0 Å². The maximum Gasteiger partial charge on any atom is 0.218 e. The number of methoxy groups -OCH3 is 1. The molecule has 1 N–H and O–H groups in total. The highest BCUT2D eigenvalue weighted by atomic mass is 32.1. The standard InChI is InChI=1S/C26H30N6OS/c1-33-24-11-9-21(10-12-24)18-27-19-23-8-5-13-32(23)26-29-28-25(34-26)31-16-14-30(15-17-31)20-22-6-3-2-4-7-22/h2-13,27H,14-20H2,1H3. The average molecular weight is 475 g/mol. The lowest BCUT2D eigenvalue weighted by Crippen LogP contribution is -2.45. The number of nitrogens with zero attached hydrogens (tertiary/aromatic N) is 5. The molecule has 1 aliphatic rings. The number of ether oxygens (including phenoxy) is 1. The summed E-state index contributed by atoms with van der Waals surface area (Å²) in [6.45, 7) is 6.58. The van der Waals surface area contributed by atoms with E-state index in [-0.39, 0.29) is 0 Å². The summed E-state index contributed by atoms with van der Waals surface area (Å²) in [5.41, 5.74) is 3.77. The Morgan fingerprint density at radius 3 is 2.35 bits per heavy atom. The lowest BCUT2D eigenvalue weighted by molar-refractivity contribution is 0.249. The van der Waals surface area contributed by atoms with Gasteiger partial charge in [-0.2, -0.15) is 0 Å². The van der Waals surface area contributed by atoms with E-state index in [0.717, 1.165) is 61.8 Å². The third kappa shape index (κ3) is 5.47. The highest BCUT2D eigenvalue weighted by Gasteiger charge is 2.21. The van der Waals surface area contributed by atoms with Gasteiger partial charge in [0, 0.05) is 57.7 Å². The predicted octanol–water partition coefficient (Wildman–Crippen LogP) is 3.95. The molecule has 1 saturated heterocycles. The van der Waals surface area contributed by atoms with Gasteiger partial charge < -0.3 is 15.0 Å². The number of hydrogen-bond acceptors (Lipinski definition) is 7. The Hall–Kier alpha value is -3.20. The molecule has 34 heavy (non-hydrogen) atoms. The summed E-state index contributed by atoms with van der Waals surface area (Å²) in [7, 11) is 1.69. The molecule has 0 atom stereocenters. The molecule has 0 aliphatic carbocycles. The van der Waals surface area contributed by atoms with Gasteiger partial charge in [-0.05, 0) is 35.4 Å². The number of rotatable bonds is 9. The van der Waals surface area contributed by atoms with Crippen LogP contribution < -0.4 is 15.0 Å². The maximum absolute atomic E-state index is 5.23. The highest BCUT2D eigenvalue weighted by molar-refractivity contribution is 7.17. The number of benzene rings is 2. The maximum atomic E-state index is 5.23. The van der Waals surface area contributed by atoms with Crippen LogP contribution in [0, 0.1) is 0 Å². The number of hydrogen-bond donors (Lipinski definition) is 1. The van der Waals surface area contributed by atoms with E-state index in [1.165, 1.54) is 16.8 Å². The second kappa shape index (κ2) is 10.8. The van der Waals surface area contributed by atoms with Gasteiger partial charge in [-0.1, -0.05) is 53.8 Å². The normalized spacial score (nSPS) is 14.4. The van der Waals surface area contributed by atoms with Gasteiger partial charge in [0.1, 0.15) is 5.75 Å². The Kier molecular flexibility index (Phi) is 7.19. The SMILES string of the molecule is COc1ccc(CNCc2cccn2-c2nnc(N3CCN(Cc4ccccc4)CC3)s2)cc1. The van der Waals surface area contributed by atoms with Crippen molar-refractivity contribution in [3.63, 3.8) is 0 Å². The van der Waals surface area contributed by atoms with Crippen LogP contribution in [0.2, 0.25) is 0 Å². The molecule has 0 saturated carbocycles. The second-order valence-corrected chi connectivity index (χ2v) is 9.37. The number of anilines is 1. The van der Waals surface area contributed by atoms with Crippen molar-refractivity contribution in [3.8, 4) is 10.9 Å². The van der Waals surface area contributed by atoms with E-state index >= 15 is 0 Å². The van der Waals surface area contributed by atoms with E-state index in [0.29, 0.717) is 0 Å². The largest absolute Gasteiger partial charge is 0.497 e. The summed E-state index contributed by atoms with van der Waals surface area (Å²) in [6, 6.07) is 23.0. The zero-order valence-electron chi connectivity index (χ0n) is 19.4. The van der Waals surface area contributed by atoms with E-state index in [1.807, 2.05) is 12.1 Å². The molecule has 0 radical (unpaired) electrons. The monoisotopic (exact) mass is 474 g/mol. The van der Waals surface area contributed by atoms with E-state index in [4.69, 9.17) is 4.74 Å². The topological polar surface area (TPSA) is 58.5 Å². The number of nitrogens with one attached hydrogen (secondary N) is 1. The fourth-order valence-electron chi connectivity index (χ4n) is 4.20. The minimum absolute atomic E-state index is 0.756. The summed E-state index contributed by atoms with van der Waals surface area (Å²) in [5, 5.41) is 14.5. The van der Waals surface area contributed by atoms with Crippen LogP contribution >= 0.6 is 11.3 Å². The van der Waals surface area contributed by atoms with E-state index in [2.05, 4.69) is 90.7 Å². The van der Waals surface area contributed by atoms with Gasteiger partial charge in [0.15, 0.2) is 0 Å². The van der Waals surface area contributed by atoms with Gasteiger partial charge in [0.25, 0.3) is 0 Å². The Bertz CT molecular complexity index is 1170. The lowest BCUT2D eigenvalue weighted by atomic mass is 10.2. The molecule has 4 aromatic rings. The summed E-state index contributed by atoms with van der Waals surface area (Å²) in [6.07, 6.45) is 2.06. The Morgan fingerprint density at radius 1 is 0.824 bits per heavy atom. The third-order valence-electron chi connectivity index (χ3n) is 6.13. The van der Waals surface area contributed by atoms with Crippen molar-refractivity contribution in [1.82, 2.24) is 25.0 Å². The molecule has 5 rings (SSSR count). The van der Waals surface area contributed by atoms with Gasteiger partial charge in [0.05, 0.1) is 7.11 Å². The van der Waals surface area contributed by atoms with Crippen molar-refractivity contribution >= 4 is 16.5 Å². The predicted molar refractivity (Wildman–Crippen MR) is 137 cm³/mol. The molecular formula is C26H30N6OS. The molecule has 2 aromatic carbocycles. The van der Waals surface area contributed by atoms with Crippen molar-refractivity contribution < 1.29 is 4.74 Å². The highest BCUT2D eigenvalue weighted by Crippen LogP contribution is 2.26. The van der Waals surface area contributed by atoms with Gasteiger partial charge in [-0.3, -0.25) is 9.47 Å². The van der Waals surface area contributed by atoms with E-state index in [1.54, 1.807) is 18.4 Å². The first-order valence-corrected chi connectivity index (χ1v) is 12.4. The smallest absolute Gasteiger partial charge is 0.218 e. The van der Waals surface area contributed by atoms with Crippen LogP contribution in [0.15, 0.2) is 72.9 Å². The molecule has 0 spiro atoms. The molecule has 1 aliphatic heterocycles. The molecule has 1 fully saturated rings. The fraction of sp³-hybridized carbons (Fsp3) is 0.308. The van der Waals surface area contributed by atoms with Crippen LogP contribution in [0.25, 0.3) is 5.13 Å². The first-order chi connectivity index (χ1) is 16.8. The minimum atomic E-state index is 0.756. The molecule has 0 bridgehead atoms. The van der Waals surface area contributed by atoms with Gasteiger partial charge in [-0.25, -0.2) is 0 Å². The lowest BCUT2D eigenvalue weighted by Gasteiger charge is -2.34. The summed E-state index contributed by atoms with van der Waals surface area (Å²) < 4.78 is 7.36. The molecular weight excluding hydrogens is 444 g/mol. The van der Waals surface area contributed by atoms with Crippen LogP contribution in [0.4, 0.5) is 5.13 Å². The Balaban J connectivity index is 1.15. The first kappa shape index (κ1) is 22.6. The quantitative estimate of drug-likeness (QED) is 0.396. The molecule has 176 valence electrons. The zero-order valence-corrected chi connectivity index (χ0v) is 20.2. The van der Waals surface area contributed by atoms with Gasteiger partial charge >= 0.3 is 0 Å². The minimum Gasteiger partial charge on any atom is -0.497 e. The Labute approximate surface area is 204 Å². The number of piperazine rings is 1. The van der Waals surface area contributed by atoms with Crippen LogP contribution in [0.3, 0.4) is 0 Å². The molecule has 7 nitrogen and oxygen atoms in total.